The van der Waals surface area contributed by atoms with E-state index >= 15 is 0 Å². The fraction of sp³-hybridized carbons (Fsp3) is 0.647. The standard InChI is InChI=1S/C17H29FN2/c1-7-14(19)11-13-9-8-10-15(18)16(13)20(6)12(2)17(3,4)5/h8-10,12,14H,7,11,19H2,1-6H3. The predicted molar refractivity (Wildman–Crippen MR) is 85.7 cm³/mol. The summed E-state index contributed by atoms with van der Waals surface area (Å²) in [5.41, 5.74) is 7.82. The van der Waals surface area contributed by atoms with Crippen molar-refractivity contribution in [2.75, 3.05) is 11.9 Å². The Morgan fingerprint density at radius 3 is 2.40 bits per heavy atom. The zero-order valence-corrected chi connectivity index (χ0v) is 13.7. The zero-order valence-electron chi connectivity index (χ0n) is 13.7. The van der Waals surface area contributed by atoms with Crippen molar-refractivity contribution in [1.82, 2.24) is 0 Å². The molecule has 0 heterocycles. The normalized spacial score (nSPS) is 15.0. The van der Waals surface area contributed by atoms with Crippen LogP contribution < -0.4 is 10.6 Å². The van der Waals surface area contributed by atoms with E-state index in [1.807, 2.05) is 18.0 Å². The molecule has 3 heteroatoms. The molecule has 0 aromatic heterocycles. The van der Waals surface area contributed by atoms with Crippen molar-refractivity contribution >= 4 is 5.69 Å². The molecule has 0 aliphatic heterocycles. The Labute approximate surface area is 123 Å². The molecule has 2 nitrogen and oxygen atoms in total. The first-order valence-corrected chi connectivity index (χ1v) is 7.44. The number of hydrogen-bond donors (Lipinski definition) is 1. The van der Waals surface area contributed by atoms with E-state index in [1.54, 1.807) is 6.07 Å². The lowest BCUT2D eigenvalue weighted by molar-refractivity contribution is 0.327. The smallest absolute Gasteiger partial charge is 0.146 e. The number of rotatable bonds is 5. The second-order valence-corrected chi connectivity index (χ2v) is 6.77. The van der Waals surface area contributed by atoms with Gasteiger partial charge in [-0.2, -0.15) is 0 Å². The van der Waals surface area contributed by atoms with Gasteiger partial charge in [0.2, 0.25) is 0 Å². The van der Waals surface area contributed by atoms with Crippen molar-refractivity contribution < 1.29 is 4.39 Å². The molecule has 0 radical (unpaired) electrons. The van der Waals surface area contributed by atoms with Gasteiger partial charge in [0.15, 0.2) is 0 Å². The summed E-state index contributed by atoms with van der Waals surface area (Å²) < 4.78 is 14.3. The van der Waals surface area contributed by atoms with E-state index in [2.05, 4.69) is 34.6 Å². The molecule has 0 spiro atoms. The van der Waals surface area contributed by atoms with Gasteiger partial charge >= 0.3 is 0 Å². The summed E-state index contributed by atoms with van der Waals surface area (Å²) in [6.45, 7) is 10.7. The Bertz CT molecular complexity index is 437. The second-order valence-electron chi connectivity index (χ2n) is 6.77. The number of anilines is 1. The highest BCUT2D eigenvalue weighted by molar-refractivity contribution is 5.55. The summed E-state index contributed by atoms with van der Waals surface area (Å²) in [6.07, 6.45) is 1.61. The summed E-state index contributed by atoms with van der Waals surface area (Å²) in [5, 5.41) is 0. The highest BCUT2D eigenvalue weighted by Crippen LogP contribution is 2.32. The largest absolute Gasteiger partial charge is 0.369 e. The minimum Gasteiger partial charge on any atom is -0.369 e. The van der Waals surface area contributed by atoms with Crippen LogP contribution in [0.5, 0.6) is 0 Å². The third-order valence-electron chi connectivity index (χ3n) is 4.26. The first-order valence-electron chi connectivity index (χ1n) is 7.44. The minimum atomic E-state index is -0.163. The van der Waals surface area contributed by atoms with E-state index in [1.165, 1.54) is 6.07 Å². The maximum Gasteiger partial charge on any atom is 0.146 e. The van der Waals surface area contributed by atoms with E-state index in [0.717, 1.165) is 12.0 Å². The quantitative estimate of drug-likeness (QED) is 0.884. The Morgan fingerprint density at radius 2 is 1.90 bits per heavy atom. The summed E-state index contributed by atoms with van der Waals surface area (Å²) in [7, 11) is 1.97. The molecule has 0 saturated carbocycles. The van der Waals surface area contributed by atoms with Gasteiger partial charge < -0.3 is 10.6 Å². The molecule has 2 unspecified atom stereocenters. The molecule has 0 amide bonds. The first kappa shape index (κ1) is 17.0. The number of nitrogens with two attached hydrogens (primary N) is 1. The molecular formula is C17H29FN2. The predicted octanol–water partition coefficient (Wildman–Crippen LogP) is 3.98. The van der Waals surface area contributed by atoms with Crippen LogP contribution in [-0.2, 0) is 6.42 Å². The van der Waals surface area contributed by atoms with Crippen LogP contribution in [0.3, 0.4) is 0 Å². The van der Waals surface area contributed by atoms with Crippen molar-refractivity contribution in [3.05, 3.63) is 29.6 Å². The Morgan fingerprint density at radius 1 is 1.30 bits per heavy atom. The fourth-order valence-electron chi connectivity index (χ4n) is 2.32. The summed E-state index contributed by atoms with van der Waals surface area (Å²) in [4.78, 5) is 2.05. The Kier molecular flexibility index (Phi) is 5.58. The lowest BCUT2D eigenvalue weighted by Gasteiger charge is -2.38. The number of nitrogens with zero attached hydrogens (tertiary/aromatic N) is 1. The van der Waals surface area contributed by atoms with Crippen molar-refractivity contribution in [2.45, 2.75) is 59.5 Å². The maximum absolute atomic E-state index is 14.3. The lowest BCUT2D eigenvalue weighted by Crippen LogP contribution is -2.40. The third-order valence-corrected chi connectivity index (χ3v) is 4.26. The molecule has 0 aliphatic rings. The number of hydrogen-bond acceptors (Lipinski definition) is 2. The fourth-order valence-corrected chi connectivity index (χ4v) is 2.32. The second kappa shape index (κ2) is 6.57. The van der Waals surface area contributed by atoms with Crippen molar-refractivity contribution in [2.24, 2.45) is 11.1 Å². The number of halogens is 1. The lowest BCUT2D eigenvalue weighted by atomic mass is 9.86. The van der Waals surface area contributed by atoms with Gasteiger partial charge in [-0.05, 0) is 36.8 Å². The van der Waals surface area contributed by atoms with Crippen LogP contribution in [0.1, 0.15) is 46.6 Å². The van der Waals surface area contributed by atoms with Crippen molar-refractivity contribution in [1.29, 1.82) is 0 Å². The molecular weight excluding hydrogens is 251 g/mol. The van der Waals surface area contributed by atoms with Gasteiger partial charge in [0, 0.05) is 19.1 Å². The molecule has 2 N–H and O–H groups in total. The number of para-hydroxylation sites is 1. The van der Waals surface area contributed by atoms with Gasteiger partial charge in [0.25, 0.3) is 0 Å². The van der Waals surface area contributed by atoms with Gasteiger partial charge in [-0.3, -0.25) is 0 Å². The van der Waals surface area contributed by atoms with Crippen LogP contribution >= 0.6 is 0 Å². The highest BCUT2D eigenvalue weighted by atomic mass is 19.1. The third kappa shape index (κ3) is 3.95. The maximum atomic E-state index is 14.3. The molecule has 1 aromatic rings. The van der Waals surface area contributed by atoms with Crippen LogP contribution in [-0.4, -0.2) is 19.1 Å². The molecule has 0 saturated heterocycles. The highest BCUT2D eigenvalue weighted by Gasteiger charge is 2.27. The average Bonchev–Trinajstić information content (AvgIpc) is 2.36. The monoisotopic (exact) mass is 280 g/mol. The van der Waals surface area contributed by atoms with Crippen molar-refractivity contribution in [3.8, 4) is 0 Å². The van der Waals surface area contributed by atoms with E-state index in [9.17, 15) is 4.39 Å². The molecule has 0 aliphatic carbocycles. The number of benzene rings is 1. The van der Waals surface area contributed by atoms with Crippen LogP contribution in [0.4, 0.5) is 10.1 Å². The summed E-state index contributed by atoms with van der Waals surface area (Å²) in [5.74, 6) is -0.163. The molecule has 1 rings (SSSR count). The van der Waals surface area contributed by atoms with Crippen LogP contribution in [0, 0.1) is 11.2 Å². The van der Waals surface area contributed by atoms with Crippen LogP contribution in [0.2, 0.25) is 0 Å². The molecule has 0 fully saturated rings. The first-order chi connectivity index (χ1) is 9.18. The van der Waals surface area contributed by atoms with E-state index in [0.29, 0.717) is 12.1 Å². The average molecular weight is 280 g/mol. The summed E-state index contributed by atoms with van der Waals surface area (Å²) in [6, 6.07) is 5.60. The van der Waals surface area contributed by atoms with E-state index < -0.39 is 0 Å². The van der Waals surface area contributed by atoms with Crippen LogP contribution in [0.25, 0.3) is 0 Å². The molecule has 1 aromatic carbocycles. The van der Waals surface area contributed by atoms with E-state index in [-0.39, 0.29) is 23.3 Å². The van der Waals surface area contributed by atoms with Gasteiger partial charge in [-0.25, -0.2) is 4.39 Å². The van der Waals surface area contributed by atoms with Gasteiger partial charge in [-0.15, -0.1) is 0 Å². The Balaban J connectivity index is 3.15. The van der Waals surface area contributed by atoms with Crippen LogP contribution in [0.15, 0.2) is 18.2 Å². The molecule has 2 atom stereocenters. The Hall–Kier alpha value is -1.09. The van der Waals surface area contributed by atoms with Gasteiger partial charge in [-0.1, -0.05) is 39.8 Å². The van der Waals surface area contributed by atoms with Gasteiger partial charge in [0.05, 0.1) is 5.69 Å². The molecule has 20 heavy (non-hydrogen) atoms. The minimum absolute atomic E-state index is 0.0777. The molecule has 0 bridgehead atoms. The zero-order chi connectivity index (χ0) is 15.5. The molecule has 114 valence electrons. The van der Waals surface area contributed by atoms with Crippen molar-refractivity contribution in [3.63, 3.8) is 0 Å². The SMILES string of the molecule is CCC(N)Cc1cccc(F)c1N(C)C(C)C(C)(C)C. The summed E-state index contributed by atoms with van der Waals surface area (Å²) >= 11 is 0. The topological polar surface area (TPSA) is 29.3 Å². The van der Waals surface area contributed by atoms with Gasteiger partial charge in [0.1, 0.15) is 5.82 Å². The van der Waals surface area contributed by atoms with E-state index in [4.69, 9.17) is 5.73 Å².